The Morgan fingerprint density at radius 3 is 2.62 bits per heavy atom. The number of rotatable bonds is 2. The van der Waals surface area contributed by atoms with Crippen LogP contribution in [0.3, 0.4) is 0 Å². The summed E-state index contributed by atoms with van der Waals surface area (Å²) in [7, 11) is 0. The Kier molecular flexibility index (Phi) is 3.59. The molecular weight excluding hydrogens is 277 g/mol. The third kappa shape index (κ3) is 2.36. The van der Waals surface area contributed by atoms with Crippen LogP contribution in [0.5, 0.6) is 0 Å². The van der Waals surface area contributed by atoms with E-state index in [1.165, 1.54) is 6.07 Å². The molecule has 0 aliphatic rings. The number of hydrogen-bond donors (Lipinski definition) is 1. The fourth-order valence-corrected chi connectivity index (χ4v) is 1.59. The van der Waals surface area contributed by atoms with Crippen molar-refractivity contribution in [2.45, 2.75) is 0 Å². The van der Waals surface area contributed by atoms with E-state index in [9.17, 15) is 4.79 Å². The minimum Gasteiger partial charge on any atom is -0.397 e. The average Bonchev–Trinajstić information content (AvgIpc) is 2.12. The van der Waals surface area contributed by atoms with E-state index in [1.54, 1.807) is 6.07 Å². The molecule has 0 aromatic heterocycles. The number of alkyl halides is 1. The van der Waals surface area contributed by atoms with Gasteiger partial charge >= 0.3 is 0 Å². The molecule has 1 aromatic carbocycles. The minimum atomic E-state index is -0.175. The Bertz CT molecular complexity index is 331. The van der Waals surface area contributed by atoms with E-state index in [0.717, 1.165) is 0 Å². The Morgan fingerprint density at radius 1 is 1.54 bits per heavy atom. The van der Waals surface area contributed by atoms with Gasteiger partial charge in [-0.3, -0.25) is 4.79 Å². The van der Waals surface area contributed by atoms with Gasteiger partial charge in [0.2, 0.25) is 0 Å². The number of carbonyl (C=O) groups is 1. The van der Waals surface area contributed by atoms with Gasteiger partial charge in [0.1, 0.15) is 0 Å². The van der Waals surface area contributed by atoms with Crippen LogP contribution in [-0.4, -0.2) is 11.7 Å². The highest BCUT2D eigenvalue weighted by atomic mass is 79.9. The van der Waals surface area contributed by atoms with Gasteiger partial charge in [-0.25, -0.2) is 0 Å². The first-order chi connectivity index (χ1) is 6.06. The molecule has 2 N–H and O–H groups in total. The van der Waals surface area contributed by atoms with E-state index in [-0.39, 0.29) is 11.7 Å². The molecule has 5 heteroatoms. The van der Waals surface area contributed by atoms with Crippen LogP contribution < -0.4 is 5.73 Å². The van der Waals surface area contributed by atoms with Crippen molar-refractivity contribution in [2.75, 3.05) is 11.6 Å². The number of carbonyl (C=O) groups excluding carboxylic acids is 1. The van der Waals surface area contributed by atoms with Gasteiger partial charge in [-0.15, -0.1) is 11.6 Å². The highest BCUT2D eigenvalue weighted by Crippen LogP contribution is 2.29. The van der Waals surface area contributed by atoms with Crippen molar-refractivity contribution >= 4 is 50.6 Å². The third-order valence-electron chi connectivity index (χ3n) is 1.50. The minimum absolute atomic E-state index is 0.0620. The van der Waals surface area contributed by atoms with E-state index in [1.807, 2.05) is 0 Å². The van der Waals surface area contributed by atoms with Crippen molar-refractivity contribution in [3.8, 4) is 0 Å². The molecule has 0 radical (unpaired) electrons. The first-order valence-corrected chi connectivity index (χ1v) is 5.10. The summed E-state index contributed by atoms with van der Waals surface area (Å²) in [5.41, 5.74) is 6.38. The number of ketones is 1. The van der Waals surface area contributed by atoms with Crippen molar-refractivity contribution < 1.29 is 4.79 Å². The molecule has 0 bridgehead atoms. The molecule has 0 aliphatic carbocycles. The largest absolute Gasteiger partial charge is 0.397 e. The monoisotopic (exact) mass is 281 g/mol. The molecule has 13 heavy (non-hydrogen) atoms. The van der Waals surface area contributed by atoms with Gasteiger partial charge in [-0.2, -0.15) is 0 Å². The van der Waals surface area contributed by atoms with Gasteiger partial charge in [-0.1, -0.05) is 11.6 Å². The first kappa shape index (κ1) is 10.8. The number of halogens is 3. The number of nitrogen functional groups attached to an aromatic ring is 1. The van der Waals surface area contributed by atoms with Crippen LogP contribution in [0, 0.1) is 0 Å². The molecule has 0 saturated heterocycles. The third-order valence-corrected chi connectivity index (χ3v) is 3.02. The lowest BCUT2D eigenvalue weighted by molar-refractivity contribution is 0.102. The molecule has 0 aliphatic heterocycles. The van der Waals surface area contributed by atoms with Gasteiger partial charge in [0.25, 0.3) is 0 Å². The summed E-state index contributed by atoms with van der Waals surface area (Å²) in [6, 6.07) is 3.11. The SMILES string of the molecule is Nc1cc(C(=O)CCl)cc(Br)c1Cl. The Labute approximate surface area is 94.1 Å². The van der Waals surface area contributed by atoms with Crippen LogP contribution in [0.25, 0.3) is 0 Å². The Morgan fingerprint density at radius 2 is 2.15 bits per heavy atom. The maximum absolute atomic E-state index is 11.2. The van der Waals surface area contributed by atoms with Crippen molar-refractivity contribution in [3.63, 3.8) is 0 Å². The summed E-state index contributed by atoms with van der Waals surface area (Å²) in [6.45, 7) is 0. The summed E-state index contributed by atoms with van der Waals surface area (Å²) >= 11 is 14.4. The zero-order chi connectivity index (χ0) is 10.0. The first-order valence-electron chi connectivity index (χ1n) is 3.40. The summed E-state index contributed by atoms with van der Waals surface area (Å²) in [5.74, 6) is -0.237. The van der Waals surface area contributed by atoms with Crippen molar-refractivity contribution in [3.05, 3.63) is 27.2 Å². The summed E-state index contributed by atoms with van der Waals surface area (Å²) in [5, 5.41) is 0.408. The van der Waals surface area contributed by atoms with Crippen molar-refractivity contribution in [2.24, 2.45) is 0 Å². The number of anilines is 1. The molecule has 70 valence electrons. The lowest BCUT2D eigenvalue weighted by Gasteiger charge is -2.03. The topological polar surface area (TPSA) is 43.1 Å². The molecule has 0 spiro atoms. The normalized spacial score (nSPS) is 10.1. The lowest BCUT2D eigenvalue weighted by atomic mass is 10.1. The van der Waals surface area contributed by atoms with Crippen LogP contribution in [-0.2, 0) is 0 Å². The second kappa shape index (κ2) is 4.31. The Hall–Kier alpha value is -0.250. The van der Waals surface area contributed by atoms with Gasteiger partial charge in [0, 0.05) is 10.0 Å². The molecule has 0 unspecified atom stereocenters. The Balaban J connectivity index is 3.20. The maximum atomic E-state index is 11.2. The van der Waals surface area contributed by atoms with Crippen LogP contribution in [0.2, 0.25) is 5.02 Å². The molecule has 0 amide bonds. The van der Waals surface area contributed by atoms with E-state index < -0.39 is 0 Å². The number of Topliss-reactive ketones (excluding diaryl/α,β-unsaturated/α-hetero) is 1. The van der Waals surface area contributed by atoms with Crippen molar-refractivity contribution in [1.29, 1.82) is 0 Å². The van der Waals surface area contributed by atoms with E-state index in [0.29, 0.717) is 20.7 Å². The average molecular weight is 283 g/mol. The van der Waals surface area contributed by atoms with E-state index in [4.69, 9.17) is 28.9 Å². The summed E-state index contributed by atoms with van der Waals surface area (Å²) in [4.78, 5) is 11.2. The fourth-order valence-electron chi connectivity index (χ4n) is 0.848. The van der Waals surface area contributed by atoms with E-state index in [2.05, 4.69) is 15.9 Å². The summed E-state index contributed by atoms with van der Waals surface area (Å²) < 4.78 is 0.600. The molecular formula is C8H6BrCl2NO. The van der Waals surface area contributed by atoms with Crippen LogP contribution in [0.15, 0.2) is 16.6 Å². The van der Waals surface area contributed by atoms with Gasteiger partial charge in [0.15, 0.2) is 5.78 Å². The quantitative estimate of drug-likeness (QED) is 0.515. The van der Waals surface area contributed by atoms with Gasteiger partial charge < -0.3 is 5.73 Å². The van der Waals surface area contributed by atoms with E-state index >= 15 is 0 Å². The lowest BCUT2D eigenvalue weighted by Crippen LogP contribution is -2.01. The molecule has 0 fully saturated rings. The zero-order valence-electron chi connectivity index (χ0n) is 6.48. The molecule has 2 nitrogen and oxygen atoms in total. The molecule has 1 rings (SSSR count). The molecule has 0 atom stereocenters. The standard InChI is InChI=1S/C8H6BrCl2NO/c9-5-1-4(7(13)3-10)2-6(12)8(5)11/h1-2H,3,12H2. The predicted molar refractivity (Wildman–Crippen MR) is 58.6 cm³/mol. The zero-order valence-corrected chi connectivity index (χ0v) is 9.58. The maximum Gasteiger partial charge on any atom is 0.177 e. The smallest absolute Gasteiger partial charge is 0.177 e. The van der Waals surface area contributed by atoms with Crippen LogP contribution in [0.1, 0.15) is 10.4 Å². The highest BCUT2D eigenvalue weighted by Gasteiger charge is 2.09. The highest BCUT2D eigenvalue weighted by molar-refractivity contribution is 9.10. The predicted octanol–water partition coefficient (Wildman–Crippen LogP) is 3.11. The fraction of sp³-hybridized carbons (Fsp3) is 0.125. The van der Waals surface area contributed by atoms with Crippen LogP contribution in [0.4, 0.5) is 5.69 Å². The van der Waals surface area contributed by atoms with Crippen LogP contribution >= 0.6 is 39.1 Å². The summed E-state index contributed by atoms with van der Waals surface area (Å²) in [6.07, 6.45) is 0. The molecule has 0 heterocycles. The number of hydrogen-bond acceptors (Lipinski definition) is 2. The molecule has 0 saturated carbocycles. The van der Waals surface area contributed by atoms with Gasteiger partial charge in [-0.05, 0) is 28.1 Å². The number of nitrogens with two attached hydrogens (primary N) is 1. The van der Waals surface area contributed by atoms with Gasteiger partial charge in [0.05, 0.1) is 16.6 Å². The molecule has 1 aromatic rings. The second-order valence-corrected chi connectivity index (χ2v) is 3.92. The second-order valence-electron chi connectivity index (χ2n) is 2.42. The van der Waals surface area contributed by atoms with Crippen molar-refractivity contribution in [1.82, 2.24) is 0 Å². The number of benzene rings is 1.